The third kappa shape index (κ3) is 3.12. The van der Waals surface area contributed by atoms with Gasteiger partial charge in [0.05, 0.1) is 4.90 Å². The van der Waals surface area contributed by atoms with Gasteiger partial charge in [0.15, 0.2) is 0 Å². The van der Waals surface area contributed by atoms with Gasteiger partial charge in [0.1, 0.15) is 0 Å². The second kappa shape index (κ2) is 4.25. The fraction of sp³-hybridized carbons (Fsp3) is 0.143. The van der Waals surface area contributed by atoms with Crippen LogP contribution >= 0.6 is 0 Å². The molecule has 64 valence electrons. The van der Waals surface area contributed by atoms with Crippen LogP contribution in [0.4, 0.5) is 0 Å². The second-order valence-corrected chi connectivity index (χ2v) is 3.71. The summed E-state index contributed by atoms with van der Waals surface area (Å²) < 4.78 is 29.6. The van der Waals surface area contributed by atoms with Crippen molar-refractivity contribution in [1.82, 2.24) is 0 Å². The molecule has 0 aliphatic carbocycles. The summed E-state index contributed by atoms with van der Waals surface area (Å²) in [5.74, 6) is 0. The van der Waals surface area contributed by atoms with E-state index < -0.39 is 10.1 Å². The van der Waals surface area contributed by atoms with Crippen LogP contribution in [-0.4, -0.2) is 36.9 Å². The first kappa shape index (κ1) is 11.9. The maximum absolute atomic E-state index is 10.5. The number of aryl methyl sites for hydroxylation is 1. The van der Waals surface area contributed by atoms with E-state index in [0.29, 0.717) is 0 Å². The molecular formula is C7H8O3SSn. The van der Waals surface area contributed by atoms with E-state index in [9.17, 15) is 8.42 Å². The van der Waals surface area contributed by atoms with E-state index in [2.05, 4.69) is 0 Å². The van der Waals surface area contributed by atoms with Gasteiger partial charge in [-0.2, -0.15) is 8.42 Å². The van der Waals surface area contributed by atoms with Crippen LogP contribution in [0.25, 0.3) is 0 Å². The minimum Gasteiger partial charge on any atom is -0.282 e. The van der Waals surface area contributed by atoms with Crippen LogP contribution < -0.4 is 0 Å². The molecule has 0 unspecified atom stereocenters. The van der Waals surface area contributed by atoms with Gasteiger partial charge >= 0.3 is 0 Å². The number of benzene rings is 1. The normalized spacial score (nSPS) is 10.5. The Balaban J connectivity index is 0.00000121. The molecule has 0 aliphatic rings. The summed E-state index contributed by atoms with van der Waals surface area (Å²) >= 11 is 0. The molecule has 1 rings (SSSR count). The molecule has 12 heavy (non-hydrogen) atoms. The Labute approximate surface area is 88.5 Å². The Kier molecular flexibility index (Phi) is 4.22. The molecule has 3 nitrogen and oxygen atoms in total. The van der Waals surface area contributed by atoms with Gasteiger partial charge in [-0.25, -0.2) is 0 Å². The minimum atomic E-state index is -4.02. The van der Waals surface area contributed by atoms with Crippen LogP contribution in [0.3, 0.4) is 0 Å². The SMILES string of the molecule is Cc1ccc(S(=O)(=O)O)cc1.[Sn]. The van der Waals surface area contributed by atoms with Crippen LogP contribution in [0.1, 0.15) is 5.56 Å². The van der Waals surface area contributed by atoms with Crippen LogP contribution in [-0.2, 0) is 10.1 Å². The Hall–Kier alpha value is -0.0713. The van der Waals surface area contributed by atoms with Crippen molar-refractivity contribution in [2.24, 2.45) is 0 Å². The van der Waals surface area contributed by atoms with Gasteiger partial charge < -0.3 is 0 Å². The van der Waals surface area contributed by atoms with Crippen molar-refractivity contribution in [2.45, 2.75) is 11.8 Å². The van der Waals surface area contributed by atoms with Gasteiger partial charge in [-0.1, -0.05) is 17.7 Å². The van der Waals surface area contributed by atoms with Crippen molar-refractivity contribution in [3.8, 4) is 0 Å². The average Bonchev–Trinajstić information content (AvgIpc) is 1.86. The van der Waals surface area contributed by atoms with Crippen LogP contribution in [0.5, 0.6) is 0 Å². The summed E-state index contributed by atoms with van der Waals surface area (Å²) in [4.78, 5) is -0.0666. The molecule has 0 spiro atoms. The topological polar surface area (TPSA) is 54.4 Å². The Bertz CT molecular complexity index is 341. The van der Waals surface area contributed by atoms with Gasteiger partial charge in [-0.3, -0.25) is 4.55 Å². The van der Waals surface area contributed by atoms with E-state index in [-0.39, 0.29) is 28.8 Å². The number of hydrogen-bond donors (Lipinski definition) is 1. The molecule has 1 aromatic rings. The molecule has 0 heterocycles. The van der Waals surface area contributed by atoms with Crippen molar-refractivity contribution in [2.75, 3.05) is 0 Å². The molecule has 0 bridgehead atoms. The fourth-order valence-corrected chi connectivity index (χ4v) is 1.19. The number of hydrogen-bond acceptors (Lipinski definition) is 2. The number of rotatable bonds is 1. The first-order valence-corrected chi connectivity index (χ1v) is 4.48. The van der Waals surface area contributed by atoms with Crippen molar-refractivity contribution in [3.63, 3.8) is 0 Å². The van der Waals surface area contributed by atoms with Gasteiger partial charge in [0.25, 0.3) is 10.1 Å². The van der Waals surface area contributed by atoms with Crippen molar-refractivity contribution in [3.05, 3.63) is 29.8 Å². The fourth-order valence-electron chi connectivity index (χ4n) is 0.710. The third-order valence-electron chi connectivity index (χ3n) is 1.32. The second-order valence-electron chi connectivity index (χ2n) is 2.29. The summed E-state index contributed by atoms with van der Waals surface area (Å²) in [7, 11) is -4.02. The molecule has 0 saturated heterocycles. The Morgan fingerprint density at radius 3 is 1.92 bits per heavy atom. The maximum atomic E-state index is 10.5. The predicted octanol–water partition coefficient (Wildman–Crippen LogP) is 0.861. The largest absolute Gasteiger partial charge is 0.294 e. The summed E-state index contributed by atoms with van der Waals surface area (Å²) in [6.45, 7) is 1.84. The van der Waals surface area contributed by atoms with Gasteiger partial charge in [-0.05, 0) is 19.1 Å². The van der Waals surface area contributed by atoms with E-state index >= 15 is 0 Å². The summed E-state index contributed by atoms with van der Waals surface area (Å²) in [5, 5.41) is 0. The zero-order valence-corrected chi connectivity index (χ0v) is 10.2. The third-order valence-corrected chi connectivity index (χ3v) is 2.19. The molecule has 0 aliphatic heterocycles. The van der Waals surface area contributed by atoms with Crippen LogP contribution in [0.15, 0.2) is 29.2 Å². The predicted molar refractivity (Wildman–Crippen MR) is 46.7 cm³/mol. The molecule has 0 amide bonds. The summed E-state index contributed by atoms with van der Waals surface area (Å²) in [5.41, 5.74) is 0.956. The van der Waals surface area contributed by atoms with Crippen molar-refractivity contribution >= 4 is 34.0 Å². The smallest absolute Gasteiger partial charge is 0.282 e. The monoisotopic (exact) mass is 292 g/mol. The first-order chi connectivity index (χ1) is 5.00. The van der Waals surface area contributed by atoms with Gasteiger partial charge in [0.2, 0.25) is 0 Å². The average molecular weight is 291 g/mol. The van der Waals surface area contributed by atoms with Gasteiger partial charge in [0, 0.05) is 23.9 Å². The quantitative estimate of drug-likeness (QED) is 0.617. The van der Waals surface area contributed by atoms with E-state index in [0.717, 1.165) is 5.56 Å². The molecule has 0 saturated carbocycles. The van der Waals surface area contributed by atoms with E-state index in [1.54, 1.807) is 12.1 Å². The molecule has 1 N–H and O–H groups in total. The van der Waals surface area contributed by atoms with E-state index in [1.165, 1.54) is 12.1 Å². The standard InChI is InChI=1S/C7H8O3S.Sn/c1-6-2-4-7(5-3-6)11(8,9)10;/h2-5H,1H3,(H,8,9,10);. The molecule has 1 aromatic carbocycles. The van der Waals surface area contributed by atoms with E-state index in [1.807, 2.05) is 6.92 Å². The maximum Gasteiger partial charge on any atom is 0.294 e. The molecule has 5 heteroatoms. The minimum absolute atomic E-state index is 0. The van der Waals surface area contributed by atoms with Crippen molar-refractivity contribution in [1.29, 1.82) is 0 Å². The van der Waals surface area contributed by atoms with Crippen molar-refractivity contribution < 1.29 is 13.0 Å². The van der Waals surface area contributed by atoms with E-state index in [4.69, 9.17) is 4.55 Å². The Morgan fingerprint density at radius 1 is 1.17 bits per heavy atom. The van der Waals surface area contributed by atoms with Gasteiger partial charge in [-0.15, -0.1) is 0 Å². The zero-order chi connectivity index (χ0) is 8.48. The summed E-state index contributed by atoms with van der Waals surface area (Å²) in [6, 6.07) is 5.99. The molecular weight excluding hydrogens is 283 g/mol. The molecule has 4 radical (unpaired) electrons. The van der Waals surface area contributed by atoms with Crippen LogP contribution in [0.2, 0.25) is 0 Å². The summed E-state index contributed by atoms with van der Waals surface area (Å²) in [6.07, 6.45) is 0. The molecule has 0 atom stereocenters. The van der Waals surface area contributed by atoms with Crippen LogP contribution in [0, 0.1) is 6.92 Å². The Morgan fingerprint density at radius 2 is 1.58 bits per heavy atom. The molecule has 0 fully saturated rings. The molecule has 0 aromatic heterocycles. The first-order valence-electron chi connectivity index (χ1n) is 3.04. The zero-order valence-electron chi connectivity index (χ0n) is 6.48.